The number of rotatable bonds is 3. The van der Waals surface area contributed by atoms with Crippen molar-refractivity contribution >= 4 is 37.9 Å². The first-order chi connectivity index (χ1) is 14.0. The number of amides is 1. The van der Waals surface area contributed by atoms with Gasteiger partial charge in [-0.25, -0.2) is 13.0 Å². The quantitative estimate of drug-likeness (QED) is 0.551. The van der Waals surface area contributed by atoms with E-state index >= 15 is 0 Å². The zero-order valence-electron chi connectivity index (χ0n) is 15.3. The molecule has 9 nitrogen and oxygen atoms in total. The van der Waals surface area contributed by atoms with E-state index in [0.29, 0.717) is 24.2 Å². The minimum atomic E-state index is -3.76. The number of nitrogens with one attached hydrogen (secondary N) is 1. The fraction of sp³-hybridized carbons (Fsp3) is 0.211. The fourth-order valence-electron chi connectivity index (χ4n) is 3.63. The number of hydrogen-bond donors (Lipinski definition) is 1. The Morgan fingerprint density at radius 3 is 2.69 bits per heavy atom. The molecule has 2 aromatic heterocycles. The summed E-state index contributed by atoms with van der Waals surface area (Å²) in [6, 6.07) is 12.1. The topological polar surface area (TPSA) is 112 Å². The van der Waals surface area contributed by atoms with E-state index in [1.54, 1.807) is 23.1 Å². The predicted octanol–water partition coefficient (Wildman–Crippen LogP) is 1.85. The minimum Gasteiger partial charge on any atom is -0.361 e. The minimum absolute atomic E-state index is 0.0638. The lowest BCUT2D eigenvalue weighted by Crippen LogP contribution is -2.50. The molecule has 3 heterocycles. The van der Waals surface area contributed by atoms with E-state index in [-0.39, 0.29) is 29.4 Å². The highest BCUT2D eigenvalue weighted by Crippen LogP contribution is 2.25. The van der Waals surface area contributed by atoms with Crippen molar-refractivity contribution in [3.63, 3.8) is 0 Å². The van der Waals surface area contributed by atoms with Crippen molar-refractivity contribution in [3.05, 3.63) is 54.2 Å². The maximum Gasteiger partial charge on any atom is 0.253 e. The van der Waals surface area contributed by atoms with Crippen molar-refractivity contribution in [1.29, 1.82) is 0 Å². The number of carbonyl (C=O) groups excluding carboxylic acids is 1. The molecule has 0 radical (unpaired) electrons. The molecule has 1 N–H and O–H groups in total. The largest absolute Gasteiger partial charge is 0.361 e. The summed E-state index contributed by atoms with van der Waals surface area (Å²) < 4.78 is 32.2. The maximum atomic E-state index is 13.1. The Kier molecular flexibility index (Phi) is 4.10. The van der Waals surface area contributed by atoms with Crippen LogP contribution in [0.5, 0.6) is 0 Å². The van der Waals surface area contributed by atoms with Gasteiger partial charge in [0.1, 0.15) is 10.4 Å². The lowest BCUT2D eigenvalue weighted by atomic mass is 10.1. The summed E-state index contributed by atoms with van der Waals surface area (Å²) >= 11 is 0. The van der Waals surface area contributed by atoms with Crippen molar-refractivity contribution in [2.24, 2.45) is 0 Å². The lowest BCUT2D eigenvalue weighted by Gasteiger charge is -2.34. The maximum absolute atomic E-state index is 13.1. The molecule has 1 fully saturated rings. The highest BCUT2D eigenvalue weighted by Gasteiger charge is 2.32. The van der Waals surface area contributed by atoms with Gasteiger partial charge in [0, 0.05) is 48.8 Å². The zero-order valence-corrected chi connectivity index (χ0v) is 16.1. The van der Waals surface area contributed by atoms with Gasteiger partial charge in [-0.2, -0.15) is 4.31 Å². The molecule has 1 aliphatic heterocycles. The highest BCUT2D eigenvalue weighted by atomic mass is 32.2. The van der Waals surface area contributed by atoms with E-state index < -0.39 is 10.0 Å². The first-order valence-electron chi connectivity index (χ1n) is 9.12. The lowest BCUT2D eigenvalue weighted by molar-refractivity contribution is 0.0698. The van der Waals surface area contributed by atoms with Gasteiger partial charge in [0.2, 0.25) is 10.0 Å². The molecule has 2 aromatic carbocycles. The van der Waals surface area contributed by atoms with Gasteiger partial charge in [0.25, 0.3) is 5.91 Å². The Morgan fingerprint density at radius 2 is 1.86 bits per heavy atom. The zero-order chi connectivity index (χ0) is 20.0. The monoisotopic (exact) mass is 411 g/mol. The first-order valence-corrected chi connectivity index (χ1v) is 10.6. The van der Waals surface area contributed by atoms with Crippen LogP contribution < -0.4 is 0 Å². The molecule has 0 bridgehead atoms. The molecule has 29 heavy (non-hydrogen) atoms. The van der Waals surface area contributed by atoms with Gasteiger partial charge in [-0.15, -0.1) is 0 Å². The molecule has 0 atom stereocenters. The fourth-order valence-corrected chi connectivity index (χ4v) is 5.19. The van der Waals surface area contributed by atoms with Crippen LogP contribution in [0, 0.1) is 0 Å². The van der Waals surface area contributed by atoms with Crippen LogP contribution in [0.15, 0.2) is 58.2 Å². The Balaban J connectivity index is 1.34. The number of hydrogen-bond acceptors (Lipinski definition) is 6. The number of aromatic amines is 1. The summed E-state index contributed by atoms with van der Waals surface area (Å²) in [6.45, 7) is 1.05. The second kappa shape index (κ2) is 6.68. The number of sulfonamides is 1. The summed E-state index contributed by atoms with van der Waals surface area (Å²) in [5, 5.41) is 8.39. The van der Waals surface area contributed by atoms with Crippen molar-refractivity contribution in [1.82, 2.24) is 24.5 Å². The summed E-state index contributed by atoms with van der Waals surface area (Å²) in [7, 11) is -3.76. The van der Waals surface area contributed by atoms with Gasteiger partial charge >= 0.3 is 0 Å². The summed E-state index contributed by atoms with van der Waals surface area (Å²) in [5.41, 5.74) is 2.16. The van der Waals surface area contributed by atoms with Crippen LogP contribution >= 0.6 is 0 Å². The predicted molar refractivity (Wildman–Crippen MR) is 105 cm³/mol. The van der Waals surface area contributed by atoms with E-state index in [9.17, 15) is 13.2 Å². The van der Waals surface area contributed by atoms with E-state index in [0.717, 1.165) is 10.9 Å². The van der Waals surface area contributed by atoms with Crippen LogP contribution in [0.3, 0.4) is 0 Å². The average Bonchev–Trinajstić information content (AvgIpc) is 3.41. The molecular formula is C19H17N5O4S. The number of fused-ring (bicyclic) bond motifs is 2. The van der Waals surface area contributed by atoms with Gasteiger partial charge in [0.15, 0.2) is 5.52 Å². The summed E-state index contributed by atoms with van der Waals surface area (Å²) in [4.78, 5) is 17.7. The number of carbonyl (C=O) groups is 1. The standard InChI is InChI=1S/C19H17N5O4S/c25-19(14-4-5-15-13(12-14)6-7-20-15)23-8-10-24(11-9-23)29(26,27)17-3-1-2-16-18(17)22-28-21-16/h1-7,12,20H,8-11H2. The second-order valence-electron chi connectivity index (χ2n) is 6.86. The summed E-state index contributed by atoms with van der Waals surface area (Å²) in [6.07, 6.45) is 1.83. The van der Waals surface area contributed by atoms with E-state index in [2.05, 4.69) is 19.9 Å². The molecule has 1 amide bonds. The van der Waals surface area contributed by atoms with Crippen LogP contribution in [0.25, 0.3) is 21.9 Å². The van der Waals surface area contributed by atoms with Crippen LogP contribution in [0.1, 0.15) is 10.4 Å². The molecule has 1 aliphatic rings. The third-order valence-electron chi connectivity index (χ3n) is 5.19. The van der Waals surface area contributed by atoms with Gasteiger partial charge in [-0.05, 0) is 46.7 Å². The van der Waals surface area contributed by atoms with Crippen molar-refractivity contribution in [2.45, 2.75) is 4.90 Å². The third kappa shape index (κ3) is 2.97. The van der Waals surface area contributed by atoms with Crippen molar-refractivity contribution in [2.75, 3.05) is 26.2 Å². The van der Waals surface area contributed by atoms with Gasteiger partial charge in [-0.1, -0.05) is 6.07 Å². The normalized spacial score (nSPS) is 15.9. The number of nitrogens with zero attached hydrogens (tertiary/aromatic N) is 4. The number of H-pyrrole nitrogens is 1. The molecule has 10 heteroatoms. The highest BCUT2D eigenvalue weighted by molar-refractivity contribution is 7.89. The van der Waals surface area contributed by atoms with Crippen LogP contribution in [-0.2, 0) is 10.0 Å². The molecule has 0 aliphatic carbocycles. The summed E-state index contributed by atoms with van der Waals surface area (Å²) in [5.74, 6) is -0.104. The number of aromatic nitrogens is 3. The Bertz CT molecular complexity index is 1320. The van der Waals surface area contributed by atoms with Crippen LogP contribution in [0.4, 0.5) is 0 Å². The van der Waals surface area contributed by atoms with Gasteiger partial charge < -0.3 is 9.88 Å². The Labute approximate surface area is 165 Å². The number of benzene rings is 2. The van der Waals surface area contributed by atoms with Gasteiger partial charge in [0.05, 0.1) is 0 Å². The molecular weight excluding hydrogens is 394 g/mol. The Hall–Kier alpha value is -3.24. The smallest absolute Gasteiger partial charge is 0.253 e. The van der Waals surface area contributed by atoms with E-state index in [1.807, 2.05) is 24.4 Å². The number of piperazine rings is 1. The molecule has 4 aromatic rings. The molecule has 0 saturated carbocycles. The molecule has 148 valence electrons. The SMILES string of the molecule is O=C(c1ccc2[nH]ccc2c1)N1CCN(S(=O)(=O)c2cccc3nonc23)CC1. The van der Waals surface area contributed by atoms with E-state index in [1.165, 1.54) is 10.4 Å². The Morgan fingerprint density at radius 1 is 1.03 bits per heavy atom. The van der Waals surface area contributed by atoms with Crippen LogP contribution in [0.2, 0.25) is 0 Å². The molecule has 0 unspecified atom stereocenters. The molecule has 1 saturated heterocycles. The van der Waals surface area contributed by atoms with Crippen molar-refractivity contribution in [3.8, 4) is 0 Å². The van der Waals surface area contributed by atoms with E-state index in [4.69, 9.17) is 0 Å². The molecule has 5 rings (SSSR count). The van der Waals surface area contributed by atoms with Crippen molar-refractivity contribution < 1.29 is 17.8 Å². The molecule has 0 spiro atoms. The van der Waals surface area contributed by atoms with Gasteiger partial charge in [-0.3, -0.25) is 4.79 Å². The third-order valence-corrected chi connectivity index (χ3v) is 7.12. The second-order valence-corrected chi connectivity index (χ2v) is 8.77. The first kappa shape index (κ1) is 17.8. The van der Waals surface area contributed by atoms with Crippen LogP contribution in [-0.4, -0.2) is 65.0 Å². The average molecular weight is 411 g/mol.